The van der Waals surface area contributed by atoms with Gasteiger partial charge in [0.25, 0.3) is 0 Å². The van der Waals surface area contributed by atoms with Crippen molar-refractivity contribution in [3.8, 4) is 5.69 Å². The van der Waals surface area contributed by atoms with E-state index in [0.717, 1.165) is 30.5 Å². The fourth-order valence-corrected chi connectivity index (χ4v) is 5.33. The Morgan fingerprint density at radius 1 is 0.893 bits per heavy atom. The largest absolute Gasteiger partial charge is 0.324 e. The second-order valence-corrected chi connectivity index (χ2v) is 9.56. The lowest BCUT2D eigenvalue weighted by atomic mass is 9.91. The molecule has 0 bridgehead atoms. The molecule has 0 saturated carbocycles. The van der Waals surface area contributed by atoms with Crippen LogP contribution in [0.2, 0.25) is 0 Å². The number of piperidine rings is 1. The van der Waals surface area contributed by atoms with E-state index in [4.69, 9.17) is 0 Å². The van der Waals surface area contributed by atoms with Crippen LogP contribution in [0.15, 0.2) is 78.0 Å². The number of nitrogens with zero attached hydrogens (tertiary/aromatic N) is 2. The minimum absolute atomic E-state index is 0.400. The molecule has 4 rings (SSSR count). The summed E-state index contributed by atoms with van der Waals surface area (Å²) in [4.78, 5) is 0.400. The quantitative estimate of drug-likeness (QED) is 0.642. The van der Waals surface area contributed by atoms with Crippen LogP contribution < -0.4 is 0 Å². The Morgan fingerprint density at radius 2 is 1.50 bits per heavy atom. The molecule has 1 fully saturated rings. The summed E-state index contributed by atoms with van der Waals surface area (Å²) in [5.74, 6) is 0.530. The average molecular weight is 395 g/mol. The summed E-state index contributed by atoms with van der Waals surface area (Å²) in [5.41, 5.74) is 3.55. The SMILES string of the molecule is Cc1ccc(S(=O)(=O)N2CCC(Cc3ccc(-n4cccc4)cc3)CC2)cc1. The molecule has 0 radical (unpaired) electrons. The van der Waals surface area contributed by atoms with Crippen molar-refractivity contribution < 1.29 is 8.42 Å². The number of hydrogen-bond donors (Lipinski definition) is 0. The molecule has 0 aliphatic carbocycles. The molecule has 0 amide bonds. The highest BCUT2D eigenvalue weighted by Gasteiger charge is 2.29. The van der Waals surface area contributed by atoms with Crippen LogP contribution in [-0.4, -0.2) is 30.4 Å². The number of benzene rings is 2. The molecule has 1 aliphatic heterocycles. The van der Waals surface area contributed by atoms with Crippen LogP contribution >= 0.6 is 0 Å². The van der Waals surface area contributed by atoms with Gasteiger partial charge in [-0.2, -0.15) is 4.31 Å². The van der Waals surface area contributed by atoms with E-state index < -0.39 is 10.0 Å². The Kier molecular flexibility index (Phi) is 5.38. The Bertz CT molecular complexity index is 999. The highest BCUT2D eigenvalue weighted by atomic mass is 32.2. The lowest BCUT2D eigenvalue weighted by Crippen LogP contribution is -2.38. The molecule has 2 aromatic carbocycles. The molecular weight excluding hydrogens is 368 g/mol. The van der Waals surface area contributed by atoms with Gasteiger partial charge in [-0.05, 0) is 74.1 Å². The van der Waals surface area contributed by atoms with Crippen molar-refractivity contribution in [1.82, 2.24) is 8.87 Å². The van der Waals surface area contributed by atoms with E-state index in [0.29, 0.717) is 23.9 Å². The molecule has 1 aliphatic rings. The highest BCUT2D eigenvalue weighted by molar-refractivity contribution is 7.89. The summed E-state index contributed by atoms with van der Waals surface area (Å²) in [6.07, 6.45) is 6.90. The van der Waals surface area contributed by atoms with E-state index in [-0.39, 0.29) is 0 Å². The summed E-state index contributed by atoms with van der Waals surface area (Å²) in [6.45, 7) is 3.16. The van der Waals surface area contributed by atoms with Crippen LogP contribution in [0.3, 0.4) is 0 Å². The van der Waals surface area contributed by atoms with E-state index >= 15 is 0 Å². The molecular formula is C23H26N2O2S. The van der Waals surface area contributed by atoms with Crippen molar-refractivity contribution in [2.45, 2.75) is 31.1 Å². The lowest BCUT2D eigenvalue weighted by molar-refractivity contribution is 0.273. The maximum atomic E-state index is 12.8. The van der Waals surface area contributed by atoms with E-state index in [2.05, 4.69) is 28.8 Å². The Morgan fingerprint density at radius 3 is 2.11 bits per heavy atom. The van der Waals surface area contributed by atoms with Gasteiger partial charge >= 0.3 is 0 Å². The second kappa shape index (κ2) is 7.94. The van der Waals surface area contributed by atoms with E-state index in [1.165, 1.54) is 5.56 Å². The molecule has 0 unspecified atom stereocenters. The van der Waals surface area contributed by atoms with Crippen molar-refractivity contribution in [2.75, 3.05) is 13.1 Å². The third-order valence-corrected chi connectivity index (χ3v) is 7.51. The normalized spacial score (nSPS) is 16.3. The Balaban J connectivity index is 1.36. The van der Waals surface area contributed by atoms with Crippen molar-refractivity contribution >= 4 is 10.0 Å². The van der Waals surface area contributed by atoms with Gasteiger partial charge in [-0.15, -0.1) is 0 Å². The van der Waals surface area contributed by atoms with Crippen LogP contribution in [-0.2, 0) is 16.4 Å². The fourth-order valence-electron chi connectivity index (χ4n) is 3.86. The van der Waals surface area contributed by atoms with Crippen LogP contribution in [0.1, 0.15) is 24.0 Å². The smallest absolute Gasteiger partial charge is 0.243 e. The van der Waals surface area contributed by atoms with Crippen LogP contribution in [0, 0.1) is 12.8 Å². The zero-order valence-corrected chi connectivity index (χ0v) is 17.0. The van der Waals surface area contributed by atoms with Crippen molar-refractivity contribution in [3.63, 3.8) is 0 Å². The maximum absolute atomic E-state index is 12.8. The molecule has 0 spiro atoms. The van der Waals surface area contributed by atoms with Gasteiger partial charge in [0.15, 0.2) is 0 Å². The number of aryl methyl sites for hydroxylation is 1. The number of hydrogen-bond acceptors (Lipinski definition) is 2. The first-order valence-electron chi connectivity index (χ1n) is 9.81. The molecule has 4 nitrogen and oxygen atoms in total. The average Bonchev–Trinajstić information content (AvgIpc) is 3.24. The van der Waals surface area contributed by atoms with Crippen LogP contribution in [0.25, 0.3) is 5.69 Å². The monoisotopic (exact) mass is 394 g/mol. The number of aromatic nitrogens is 1. The second-order valence-electron chi connectivity index (χ2n) is 7.62. The third kappa shape index (κ3) is 4.05. The number of sulfonamides is 1. The Labute approximate surface area is 167 Å². The minimum Gasteiger partial charge on any atom is -0.324 e. The van der Waals surface area contributed by atoms with E-state index in [1.54, 1.807) is 16.4 Å². The summed E-state index contributed by atoms with van der Waals surface area (Å²) in [5, 5.41) is 0. The van der Waals surface area contributed by atoms with Crippen LogP contribution in [0.5, 0.6) is 0 Å². The predicted octanol–water partition coefficient (Wildman–Crippen LogP) is 4.43. The molecule has 2 heterocycles. The Hall–Kier alpha value is -2.37. The standard InChI is InChI=1S/C23H26N2O2S/c1-19-4-10-23(11-5-19)28(26,27)25-16-12-21(13-17-25)18-20-6-8-22(9-7-20)24-14-2-3-15-24/h2-11,14-15,21H,12-13,16-18H2,1H3. The summed E-state index contributed by atoms with van der Waals surface area (Å²) < 4.78 is 29.4. The van der Waals surface area contributed by atoms with Gasteiger partial charge in [-0.25, -0.2) is 8.42 Å². The van der Waals surface area contributed by atoms with Gasteiger partial charge in [0.1, 0.15) is 0 Å². The van der Waals surface area contributed by atoms with Gasteiger partial charge in [-0.1, -0.05) is 29.8 Å². The molecule has 0 N–H and O–H groups in total. The van der Waals surface area contributed by atoms with E-state index in [9.17, 15) is 8.42 Å². The predicted molar refractivity (Wildman–Crippen MR) is 112 cm³/mol. The maximum Gasteiger partial charge on any atom is 0.243 e. The van der Waals surface area contributed by atoms with Crippen LogP contribution in [0.4, 0.5) is 0 Å². The lowest BCUT2D eigenvalue weighted by Gasteiger charge is -2.31. The molecule has 1 saturated heterocycles. The summed E-state index contributed by atoms with van der Waals surface area (Å²) in [7, 11) is -3.38. The third-order valence-electron chi connectivity index (χ3n) is 5.60. The van der Waals surface area contributed by atoms with Crippen molar-refractivity contribution in [3.05, 3.63) is 84.2 Å². The summed E-state index contributed by atoms with van der Waals surface area (Å²) >= 11 is 0. The van der Waals surface area contributed by atoms with Gasteiger partial charge < -0.3 is 4.57 Å². The molecule has 1 aromatic heterocycles. The van der Waals surface area contributed by atoms with Crippen molar-refractivity contribution in [2.24, 2.45) is 5.92 Å². The molecule has 3 aromatic rings. The topological polar surface area (TPSA) is 42.3 Å². The zero-order chi connectivity index (χ0) is 19.6. The number of rotatable bonds is 5. The van der Waals surface area contributed by atoms with Gasteiger partial charge in [-0.3, -0.25) is 0 Å². The summed E-state index contributed by atoms with van der Waals surface area (Å²) in [6, 6.07) is 19.8. The first-order chi connectivity index (χ1) is 13.5. The van der Waals surface area contributed by atoms with E-state index in [1.807, 2.05) is 43.6 Å². The molecule has 5 heteroatoms. The molecule has 146 valence electrons. The molecule has 28 heavy (non-hydrogen) atoms. The van der Waals surface area contributed by atoms with Gasteiger partial charge in [0.05, 0.1) is 4.90 Å². The fraction of sp³-hybridized carbons (Fsp3) is 0.304. The first kappa shape index (κ1) is 19.0. The van der Waals surface area contributed by atoms with Crippen molar-refractivity contribution in [1.29, 1.82) is 0 Å². The van der Waals surface area contributed by atoms with Gasteiger partial charge in [0, 0.05) is 31.2 Å². The first-order valence-corrected chi connectivity index (χ1v) is 11.3. The minimum atomic E-state index is -3.38. The van der Waals surface area contributed by atoms with Gasteiger partial charge in [0.2, 0.25) is 10.0 Å². The highest BCUT2D eigenvalue weighted by Crippen LogP contribution is 2.26. The zero-order valence-electron chi connectivity index (χ0n) is 16.2. The molecule has 0 atom stereocenters.